The predicted octanol–water partition coefficient (Wildman–Crippen LogP) is 4.73. The molecule has 0 saturated heterocycles. The molecule has 0 aromatic heterocycles. The molecule has 192 valence electrons. The number of carbonyl (C=O) groups excluding carboxylic acids is 1. The van der Waals surface area contributed by atoms with Gasteiger partial charge in [0.05, 0.1) is 6.61 Å². The average molecular weight is 499 g/mol. The van der Waals surface area contributed by atoms with Gasteiger partial charge in [-0.25, -0.2) is 4.99 Å². The first kappa shape index (κ1) is 26.2. The summed E-state index contributed by atoms with van der Waals surface area (Å²) in [5, 5.41) is 12.0. The Morgan fingerprint density at radius 3 is 2.57 bits per heavy atom. The van der Waals surface area contributed by atoms with Gasteiger partial charge in [-0.15, -0.1) is 0 Å². The van der Waals surface area contributed by atoms with E-state index < -0.39 is 5.54 Å². The van der Waals surface area contributed by atoms with E-state index in [1.54, 1.807) is 0 Å². The summed E-state index contributed by atoms with van der Waals surface area (Å²) in [5.41, 5.74) is 3.21. The van der Waals surface area contributed by atoms with Crippen LogP contribution >= 0.6 is 0 Å². The summed E-state index contributed by atoms with van der Waals surface area (Å²) in [5.74, 6) is 1.02. The second-order valence-corrected chi connectivity index (χ2v) is 9.20. The molecule has 1 aliphatic rings. The second kappa shape index (κ2) is 12.9. The number of carbonyl (C=O) groups is 1. The highest BCUT2D eigenvalue weighted by atomic mass is 16.5. The Labute approximate surface area is 218 Å². The molecule has 1 heterocycles. The molecular formula is C31H34N2O4. The van der Waals surface area contributed by atoms with E-state index >= 15 is 0 Å². The smallest absolute Gasteiger partial charge is 0.251 e. The molecule has 0 radical (unpaired) electrons. The minimum absolute atomic E-state index is 0.0939. The van der Waals surface area contributed by atoms with E-state index in [1.807, 2.05) is 66.7 Å². The average Bonchev–Trinajstić information content (AvgIpc) is 3.36. The van der Waals surface area contributed by atoms with Crippen LogP contribution < -0.4 is 10.1 Å². The second-order valence-electron chi connectivity index (χ2n) is 9.20. The Morgan fingerprint density at radius 2 is 1.84 bits per heavy atom. The number of aliphatic hydroxyl groups is 1. The van der Waals surface area contributed by atoms with Crippen LogP contribution in [0.5, 0.6) is 5.75 Å². The number of benzene rings is 3. The summed E-state index contributed by atoms with van der Waals surface area (Å²) in [6, 6.07) is 25.8. The van der Waals surface area contributed by atoms with Crippen molar-refractivity contribution in [1.82, 2.24) is 5.32 Å². The highest BCUT2D eigenvalue weighted by Crippen LogP contribution is 2.28. The summed E-state index contributed by atoms with van der Waals surface area (Å²) in [6.07, 6.45) is 5.74. The Bertz CT molecular complexity index is 1200. The first-order valence-electron chi connectivity index (χ1n) is 12.7. The van der Waals surface area contributed by atoms with Gasteiger partial charge in [-0.3, -0.25) is 4.79 Å². The Kier molecular flexibility index (Phi) is 9.11. The largest absolute Gasteiger partial charge is 0.494 e. The van der Waals surface area contributed by atoms with Gasteiger partial charge in [0.2, 0.25) is 5.90 Å². The van der Waals surface area contributed by atoms with E-state index in [9.17, 15) is 4.79 Å². The molecule has 37 heavy (non-hydrogen) atoms. The molecule has 0 spiro atoms. The Morgan fingerprint density at radius 1 is 1.08 bits per heavy atom. The zero-order valence-electron chi connectivity index (χ0n) is 21.2. The number of hydrogen-bond donors (Lipinski definition) is 2. The predicted molar refractivity (Wildman–Crippen MR) is 147 cm³/mol. The Hall–Kier alpha value is -3.90. The molecule has 0 fully saturated rings. The van der Waals surface area contributed by atoms with Crippen LogP contribution in [0.1, 0.15) is 35.1 Å². The third-order valence-corrected chi connectivity index (χ3v) is 6.24. The molecule has 0 bridgehead atoms. The summed E-state index contributed by atoms with van der Waals surface area (Å²) in [7, 11) is 0. The standard InChI is InChI=1S/C31H34N2O4/c1-24-10-12-26(13-11-24)18-20-32-30(35)31(19-5-9-25-7-3-2-4-8-25)23-37-29(33-31)27-14-16-28(17-15-27)36-22-6-21-34/h2-5,7-17,34H,6,18-23H2,1H3,(H,32,35)/b9-5+/t31-/m1/s1. The zero-order chi connectivity index (χ0) is 25.9. The van der Waals surface area contributed by atoms with E-state index in [2.05, 4.69) is 36.5 Å². The molecule has 1 aliphatic heterocycles. The van der Waals surface area contributed by atoms with Gasteiger partial charge in [-0.05, 0) is 48.7 Å². The van der Waals surface area contributed by atoms with Crippen LogP contribution in [0.4, 0.5) is 0 Å². The molecule has 2 N–H and O–H groups in total. The van der Waals surface area contributed by atoms with E-state index in [1.165, 1.54) is 11.1 Å². The van der Waals surface area contributed by atoms with Gasteiger partial charge in [0.15, 0.2) is 5.54 Å². The van der Waals surface area contributed by atoms with Crippen molar-refractivity contribution in [2.75, 3.05) is 26.4 Å². The maximum atomic E-state index is 13.5. The SMILES string of the molecule is Cc1ccc(CCNC(=O)[C@@]2(C/C=C/c3ccccc3)COC(c3ccc(OCCCO)cc3)=N2)cc1. The van der Waals surface area contributed by atoms with Gasteiger partial charge in [0.25, 0.3) is 5.91 Å². The topological polar surface area (TPSA) is 80.2 Å². The number of aliphatic imine (C=N–C) groups is 1. The molecule has 1 amide bonds. The van der Waals surface area contributed by atoms with Crippen molar-refractivity contribution >= 4 is 17.9 Å². The molecule has 6 heteroatoms. The first-order valence-corrected chi connectivity index (χ1v) is 12.7. The first-order chi connectivity index (χ1) is 18.1. The maximum absolute atomic E-state index is 13.5. The Balaban J connectivity index is 1.47. The van der Waals surface area contributed by atoms with Crippen molar-refractivity contribution in [2.24, 2.45) is 4.99 Å². The van der Waals surface area contributed by atoms with E-state index in [-0.39, 0.29) is 19.1 Å². The number of nitrogens with zero attached hydrogens (tertiary/aromatic N) is 1. The van der Waals surface area contributed by atoms with E-state index in [0.717, 1.165) is 17.5 Å². The molecular weight excluding hydrogens is 464 g/mol. The number of amides is 1. The van der Waals surface area contributed by atoms with Crippen LogP contribution in [0.2, 0.25) is 0 Å². The number of ether oxygens (including phenoxy) is 2. The normalized spacial score (nSPS) is 16.9. The molecule has 0 aliphatic carbocycles. The van der Waals surface area contributed by atoms with Gasteiger partial charge in [-0.1, -0.05) is 72.3 Å². The molecule has 0 saturated carbocycles. The van der Waals surface area contributed by atoms with Crippen molar-refractivity contribution in [3.63, 3.8) is 0 Å². The summed E-state index contributed by atoms with van der Waals surface area (Å²) in [6.45, 7) is 3.30. The number of nitrogens with one attached hydrogen (secondary N) is 1. The molecule has 3 aromatic carbocycles. The minimum atomic E-state index is -1.04. The van der Waals surface area contributed by atoms with E-state index in [0.29, 0.717) is 37.6 Å². The number of aryl methyl sites for hydroxylation is 1. The van der Waals surface area contributed by atoms with Crippen LogP contribution in [-0.2, 0) is 16.0 Å². The van der Waals surface area contributed by atoms with Crippen molar-refractivity contribution < 1.29 is 19.4 Å². The number of hydrogen-bond acceptors (Lipinski definition) is 5. The lowest BCUT2D eigenvalue weighted by molar-refractivity contribution is -0.126. The highest BCUT2D eigenvalue weighted by molar-refractivity contribution is 6.00. The molecule has 6 nitrogen and oxygen atoms in total. The molecule has 0 unspecified atom stereocenters. The molecule has 4 rings (SSSR count). The van der Waals surface area contributed by atoms with Gasteiger partial charge in [0.1, 0.15) is 12.4 Å². The highest BCUT2D eigenvalue weighted by Gasteiger charge is 2.43. The van der Waals surface area contributed by atoms with Crippen LogP contribution in [-0.4, -0.2) is 48.8 Å². The van der Waals surface area contributed by atoms with Crippen LogP contribution in [0.25, 0.3) is 6.08 Å². The minimum Gasteiger partial charge on any atom is -0.494 e. The van der Waals surface area contributed by atoms with Crippen molar-refractivity contribution in [2.45, 2.75) is 31.7 Å². The van der Waals surface area contributed by atoms with Crippen LogP contribution in [0.3, 0.4) is 0 Å². The fourth-order valence-electron chi connectivity index (χ4n) is 4.05. The summed E-state index contributed by atoms with van der Waals surface area (Å²) < 4.78 is 11.6. The fourth-order valence-corrected chi connectivity index (χ4v) is 4.05. The van der Waals surface area contributed by atoms with Crippen molar-refractivity contribution in [1.29, 1.82) is 0 Å². The van der Waals surface area contributed by atoms with Gasteiger partial charge < -0.3 is 19.9 Å². The van der Waals surface area contributed by atoms with Crippen molar-refractivity contribution in [3.8, 4) is 5.75 Å². The summed E-state index contributed by atoms with van der Waals surface area (Å²) >= 11 is 0. The number of aliphatic hydroxyl groups excluding tert-OH is 1. The molecule has 1 atom stereocenters. The van der Waals surface area contributed by atoms with Gasteiger partial charge in [-0.2, -0.15) is 0 Å². The van der Waals surface area contributed by atoms with Crippen LogP contribution in [0, 0.1) is 6.92 Å². The lowest BCUT2D eigenvalue weighted by Gasteiger charge is -2.21. The lowest BCUT2D eigenvalue weighted by Crippen LogP contribution is -2.47. The van der Waals surface area contributed by atoms with E-state index in [4.69, 9.17) is 19.6 Å². The monoisotopic (exact) mass is 498 g/mol. The van der Waals surface area contributed by atoms with Gasteiger partial charge >= 0.3 is 0 Å². The lowest BCUT2D eigenvalue weighted by atomic mass is 9.95. The van der Waals surface area contributed by atoms with Gasteiger partial charge in [0, 0.05) is 31.6 Å². The van der Waals surface area contributed by atoms with Crippen LogP contribution in [0.15, 0.2) is 89.9 Å². The summed E-state index contributed by atoms with van der Waals surface area (Å²) in [4.78, 5) is 18.3. The number of rotatable bonds is 12. The molecule has 3 aromatic rings. The quantitative estimate of drug-likeness (QED) is 0.354. The maximum Gasteiger partial charge on any atom is 0.251 e. The third kappa shape index (κ3) is 7.30. The third-order valence-electron chi connectivity index (χ3n) is 6.24. The fraction of sp³-hybridized carbons (Fsp3) is 0.290. The zero-order valence-corrected chi connectivity index (χ0v) is 21.2. The van der Waals surface area contributed by atoms with Crippen molar-refractivity contribution in [3.05, 3.63) is 107 Å².